The number of carbonyl (C=O) groups excluding carboxylic acids is 1. The molecule has 0 saturated carbocycles. The van der Waals surface area contributed by atoms with Crippen LogP contribution in [0.5, 0.6) is 0 Å². The second kappa shape index (κ2) is 7.23. The maximum Gasteiger partial charge on any atom is 0.269 e. The minimum absolute atomic E-state index is 0.0647. The summed E-state index contributed by atoms with van der Waals surface area (Å²) >= 11 is 1.36. The van der Waals surface area contributed by atoms with Crippen molar-refractivity contribution in [1.29, 1.82) is 0 Å². The van der Waals surface area contributed by atoms with Crippen LogP contribution in [0.4, 0.5) is 10.8 Å². The van der Waals surface area contributed by atoms with E-state index >= 15 is 0 Å². The molecule has 0 aliphatic heterocycles. The molecule has 0 fully saturated rings. The molecule has 0 atom stereocenters. The van der Waals surface area contributed by atoms with Crippen LogP contribution < -0.4 is 5.32 Å². The van der Waals surface area contributed by atoms with Crippen molar-refractivity contribution in [3.63, 3.8) is 0 Å². The maximum atomic E-state index is 12.2. The zero-order chi connectivity index (χ0) is 17.8. The van der Waals surface area contributed by atoms with Crippen molar-refractivity contribution in [2.24, 2.45) is 0 Å². The van der Waals surface area contributed by atoms with E-state index in [0.29, 0.717) is 17.1 Å². The van der Waals surface area contributed by atoms with Crippen molar-refractivity contribution in [3.05, 3.63) is 86.4 Å². The third-order valence-corrected chi connectivity index (χ3v) is 4.50. The molecule has 0 bridgehead atoms. The van der Waals surface area contributed by atoms with E-state index in [0.717, 1.165) is 16.0 Å². The fraction of sp³-hybridized carbons (Fsp3) is 0.111. The number of benzene rings is 2. The average molecular weight is 353 g/mol. The van der Waals surface area contributed by atoms with Crippen molar-refractivity contribution in [2.75, 3.05) is 5.32 Å². The number of nitro benzene ring substituents is 1. The van der Waals surface area contributed by atoms with Crippen LogP contribution >= 0.6 is 11.3 Å². The topological polar surface area (TPSA) is 85.1 Å². The Balaban J connectivity index is 1.68. The fourth-order valence-corrected chi connectivity index (χ4v) is 3.14. The molecule has 0 aliphatic rings. The molecule has 0 aliphatic carbocycles. The van der Waals surface area contributed by atoms with E-state index in [9.17, 15) is 14.9 Å². The number of nitrogens with zero attached hydrogens (tertiary/aromatic N) is 2. The number of carbonyl (C=O) groups is 1. The third kappa shape index (κ3) is 4.27. The Labute approximate surface area is 148 Å². The predicted octanol–water partition coefficient (Wildman–Crippen LogP) is 4.20. The van der Waals surface area contributed by atoms with Crippen LogP contribution in [-0.4, -0.2) is 15.8 Å². The van der Waals surface area contributed by atoms with Crippen LogP contribution in [0.3, 0.4) is 0 Å². The fourth-order valence-electron chi connectivity index (χ4n) is 2.30. The van der Waals surface area contributed by atoms with E-state index in [1.54, 1.807) is 30.5 Å². The van der Waals surface area contributed by atoms with Crippen LogP contribution in [0.2, 0.25) is 0 Å². The number of amides is 1. The standard InChI is InChI=1S/C18H15N3O3S/c1-12-5-7-14(8-6-12)17(22)20-18-19-11-16(25-18)10-13-3-2-4-15(9-13)21(23)24/h2-9,11H,10H2,1H3,(H,19,20,22). The van der Waals surface area contributed by atoms with Gasteiger partial charge in [-0.3, -0.25) is 20.2 Å². The van der Waals surface area contributed by atoms with Crippen LogP contribution in [-0.2, 0) is 6.42 Å². The molecule has 1 amide bonds. The summed E-state index contributed by atoms with van der Waals surface area (Å²) in [7, 11) is 0. The lowest BCUT2D eigenvalue weighted by atomic mass is 10.1. The summed E-state index contributed by atoms with van der Waals surface area (Å²) in [5.74, 6) is -0.212. The molecule has 1 heterocycles. The highest BCUT2D eigenvalue weighted by Crippen LogP contribution is 2.23. The Hall–Kier alpha value is -3.06. The van der Waals surface area contributed by atoms with Crippen molar-refractivity contribution in [1.82, 2.24) is 4.98 Å². The van der Waals surface area contributed by atoms with Crippen LogP contribution in [0.25, 0.3) is 0 Å². The van der Waals surface area contributed by atoms with Gasteiger partial charge in [-0.25, -0.2) is 4.98 Å². The quantitative estimate of drug-likeness (QED) is 0.550. The Kier molecular flexibility index (Phi) is 4.85. The molecular formula is C18H15N3O3S. The Morgan fingerprint density at radius 3 is 2.72 bits per heavy atom. The highest BCUT2D eigenvalue weighted by molar-refractivity contribution is 7.15. The van der Waals surface area contributed by atoms with E-state index in [2.05, 4.69) is 10.3 Å². The lowest BCUT2D eigenvalue weighted by molar-refractivity contribution is -0.384. The van der Waals surface area contributed by atoms with Gasteiger partial charge in [0, 0.05) is 35.2 Å². The summed E-state index contributed by atoms with van der Waals surface area (Å²) in [4.78, 5) is 27.7. The molecule has 3 rings (SSSR count). The van der Waals surface area contributed by atoms with Gasteiger partial charge < -0.3 is 0 Å². The van der Waals surface area contributed by atoms with Crippen LogP contribution in [0, 0.1) is 17.0 Å². The molecule has 1 N–H and O–H groups in total. The summed E-state index contributed by atoms with van der Waals surface area (Å²) in [6.45, 7) is 1.96. The predicted molar refractivity (Wildman–Crippen MR) is 97.1 cm³/mol. The van der Waals surface area contributed by atoms with Crippen LogP contribution in [0.1, 0.15) is 26.4 Å². The first-order valence-electron chi connectivity index (χ1n) is 7.57. The highest BCUT2D eigenvalue weighted by Gasteiger charge is 2.11. The molecule has 6 nitrogen and oxygen atoms in total. The second-order valence-electron chi connectivity index (χ2n) is 5.56. The van der Waals surface area contributed by atoms with Crippen molar-refractivity contribution in [3.8, 4) is 0 Å². The minimum Gasteiger partial charge on any atom is -0.298 e. The van der Waals surface area contributed by atoms with Gasteiger partial charge in [0.25, 0.3) is 11.6 Å². The number of rotatable bonds is 5. The summed E-state index contributed by atoms with van der Waals surface area (Å²) < 4.78 is 0. The number of aryl methyl sites for hydroxylation is 1. The Morgan fingerprint density at radius 1 is 1.24 bits per heavy atom. The number of aromatic nitrogens is 1. The zero-order valence-electron chi connectivity index (χ0n) is 13.4. The highest BCUT2D eigenvalue weighted by atomic mass is 32.1. The van der Waals surface area contributed by atoms with Gasteiger partial charge in [0.05, 0.1) is 4.92 Å². The van der Waals surface area contributed by atoms with Crippen LogP contribution in [0.15, 0.2) is 54.7 Å². The monoisotopic (exact) mass is 353 g/mol. The summed E-state index contributed by atoms with van der Waals surface area (Å²) in [6, 6.07) is 13.8. The molecule has 7 heteroatoms. The molecule has 0 saturated heterocycles. The zero-order valence-corrected chi connectivity index (χ0v) is 14.2. The van der Waals surface area contributed by atoms with Gasteiger partial charge in [-0.05, 0) is 24.6 Å². The number of hydrogen-bond donors (Lipinski definition) is 1. The molecule has 0 spiro atoms. The van der Waals surface area contributed by atoms with E-state index in [4.69, 9.17) is 0 Å². The molecule has 1 aromatic heterocycles. The number of hydrogen-bond acceptors (Lipinski definition) is 5. The number of anilines is 1. The number of nitro groups is 1. The van der Waals surface area contributed by atoms with Gasteiger partial charge in [-0.15, -0.1) is 11.3 Å². The largest absolute Gasteiger partial charge is 0.298 e. The van der Waals surface area contributed by atoms with Gasteiger partial charge in [0.2, 0.25) is 0 Å². The molecule has 0 radical (unpaired) electrons. The summed E-state index contributed by atoms with van der Waals surface area (Å²) in [5, 5.41) is 14.1. The molecule has 25 heavy (non-hydrogen) atoms. The molecule has 2 aromatic carbocycles. The van der Waals surface area contributed by atoms with Crippen molar-refractivity contribution >= 4 is 28.1 Å². The van der Waals surface area contributed by atoms with Crippen molar-refractivity contribution < 1.29 is 9.72 Å². The normalized spacial score (nSPS) is 10.4. The number of nitrogens with one attached hydrogen (secondary N) is 1. The summed E-state index contributed by atoms with van der Waals surface area (Å²) in [6.07, 6.45) is 2.20. The van der Waals surface area contributed by atoms with Gasteiger partial charge in [-0.2, -0.15) is 0 Å². The summed E-state index contributed by atoms with van der Waals surface area (Å²) in [5.41, 5.74) is 2.55. The lowest BCUT2D eigenvalue weighted by Gasteiger charge is -2.02. The van der Waals surface area contributed by atoms with Gasteiger partial charge in [-0.1, -0.05) is 29.8 Å². The number of thiazole rings is 1. The van der Waals surface area contributed by atoms with E-state index in [1.807, 2.05) is 25.1 Å². The molecular weight excluding hydrogens is 338 g/mol. The van der Waals surface area contributed by atoms with Crippen molar-refractivity contribution in [2.45, 2.75) is 13.3 Å². The maximum absolute atomic E-state index is 12.2. The first-order valence-corrected chi connectivity index (χ1v) is 8.39. The number of non-ortho nitro benzene ring substituents is 1. The Bertz CT molecular complexity index is 919. The Morgan fingerprint density at radius 2 is 2.00 bits per heavy atom. The lowest BCUT2D eigenvalue weighted by Crippen LogP contribution is -2.11. The minimum atomic E-state index is -0.413. The van der Waals surface area contributed by atoms with E-state index in [-0.39, 0.29) is 11.6 Å². The van der Waals surface area contributed by atoms with Gasteiger partial charge in [0.15, 0.2) is 5.13 Å². The van der Waals surface area contributed by atoms with Gasteiger partial charge in [0.1, 0.15) is 0 Å². The second-order valence-corrected chi connectivity index (χ2v) is 6.67. The smallest absolute Gasteiger partial charge is 0.269 e. The first kappa shape index (κ1) is 16.8. The van der Waals surface area contributed by atoms with Gasteiger partial charge >= 0.3 is 0 Å². The third-order valence-electron chi connectivity index (χ3n) is 3.59. The molecule has 126 valence electrons. The molecule has 3 aromatic rings. The average Bonchev–Trinajstić information content (AvgIpc) is 3.02. The first-order chi connectivity index (χ1) is 12.0. The molecule has 0 unspecified atom stereocenters. The van der Waals surface area contributed by atoms with E-state index in [1.165, 1.54) is 17.4 Å². The van der Waals surface area contributed by atoms with E-state index < -0.39 is 4.92 Å². The SMILES string of the molecule is Cc1ccc(C(=O)Nc2ncc(Cc3cccc([N+](=O)[O-])c3)s2)cc1.